The van der Waals surface area contributed by atoms with Crippen LogP contribution in [0.25, 0.3) is 0 Å². The van der Waals surface area contributed by atoms with Gasteiger partial charge in [0.1, 0.15) is 4.75 Å². The molecule has 0 aliphatic heterocycles. The first-order valence-corrected chi connectivity index (χ1v) is 5.25. The molecular formula is C9H14N2O2S. The van der Waals surface area contributed by atoms with E-state index in [1.807, 2.05) is 13.2 Å². The standard InChI is InChI=1S/C9H14N2O2S/c1-9(2,8(12)13)14-6-7-4-10-11(3)5-7/h4-5H,6H2,1-3H3,(H,12,13). The normalized spacial score (nSPS) is 11.6. The smallest absolute Gasteiger partial charge is 0.319 e. The van der Waals surface area contributed by atoms with Gasteiger partial charge in [-0.1, -0.05) is 0 Å². The molecule has 1 aromatic heterocycles. The lowest BCUT2D eigenvalue weighted by Crippen LogP contribution is -2.27. The van der Waals surface area contributed by atoms with E-state index in [-0.39, 0.29) is 0 Å². The minimum atomic E-state index is -0.786. The number of carboxylic acid groups (broad SMARTS) is 1. The second kappa shape index (κ2) is 4.04. The van der Waals surface area contributed by atoms with E-state index in [4.69, 9.17) is 5.11 Å². The minimum absolute atomic E-state index is 0.674. The molecule has 78 valence electrons. The number of rotatable bonds is 4. The largest absolute Gasteiger partial charge is 0.480 e. The number of carboxylic acids is 1. The molecule has 0 fully saturated rings. The van der Waals surface area contributed by atoms with Gasteiger partial charge in [0.05, 0.1) is 6.20 Å². The average Bonchev–Trinajstić information content (AvgIpc) is 2.48. The van der Waals surface area contributed by atoms with Crippen molar-refractivity contribution in [2.45, 2.75) is 24.3 Å². The molecule has 14 heavy (non-hydrogen) atoms. The Hall–Kier alpha value is -0.970. The molecule has 0 aliphatic rings. The molecule has 0 unspecified atom stereocenters. The molecule has 0 atom stereocenters. The molecule has 0 saturated carbocycles. The van der Waals surface area contributed by atoms with E-state index in [0.717, 1.165) is 5.56 Å². The van der Waals surface area contributed by atoms with Crippen molar-refractivity contribution in [1.82, 2.24) is 9.78 Å². The van der Waals surface area contributed by atoms with Crippen LogP contribution in [0.5, 0.6) is 0 Å². The highest BCUT2D eigenvalue weighted by molar-refractivity contribution is 8.00. The quantitative estimate of drug-likeness (QED) is 0.825. The van der Waals surface area contributed by atoms with E-state index in [1.165, 1.54) is 11.8 Å². The Bertz CT molecular complexity index is 333. The van der Waals surface area contributed by atoms with E-state index < -0.39 is 10.7 Å². The number of hydrogen-bond acceptors (Lipinski definition) is 3. The zero-order chi connectivity index (χ0) is 10.8. The molecule has 0 saturated heterocycles. The Morgan fingerprint density at radius 1 is 1.71 bits per heavy atom. The first-order chi connectivity index (χ1) is 6.42. The van der Waals surface area contributed by atoms with Crippen LogP contribution in [0.3, 0.4) is 0 Å². The van der Waals surface area contributed by atoms with Gasteiger partial charge < -0.3 is 5.11 Å². The third-order valence-corrected chi connectivity index (χ3v) is 3.25. The monoisotopic (exact) mass is 214 g/mol. The molecule has 1 aromatic rings. The fourth-order valence-electron chi connectivity index (χ4n) is 0.872. The van der Waals surface area contributed by atoms with Crippen molar-refractivity contribution < 1.29 is 9.90 Å². The number of aromatic nitrogens is 2. The Labute approximate surface area is 87.3 Å². The Morgan fingerprint density at radius 2 is 2.36 bits per heavy atom. The number of aliphatic carboxylic acids is 1. The highest BCUT2D eigenvalue weighted by Gasteiger charge is 2.27. The van der Waals surface area contributed by atoms with Crippen molar-refractivity contribution >= 4 is 17.7 Å². The molecule has 0 spiro atoms. The third-order valence-electron chi connectivity index (χ3n) is 1.87. The van der Waals surface area contributed by atoms with Crippen LogP contribution in [0.15, 0.2) is 12.4 Å². The van der Waals surface area contributed by atoms with Gasteiger partial charge in [0.15, 0.2) is 0 Å². The summed E-state index contributed by atoms with van der Waals surface area (Å²) >= 11 is 1.40. The van der Waals surface area contributed by atoms with Gasteiger partial charge in [-0.3, -0.25) is 9.48 Å². The van der Waals surface area contributed by atoms with E-state index >= 15 is 0 Å². The number of carbonyl (C=O) groups is 1. The summed E-state index contributed by atoms with van der Waals surface area (Å²) in [6, 6.07) is 0. The van der Waals surface area contributed by atoms with Gasteiger partial charge in [0.2, 0.25) is 0 Å². The van der Waals surface area contributed by atoms with Crippen LogP contribution in [0.1, 0.15) is 19.4 Å². The highest BCUT2D eigenvalue weighted by Crippen LogP contribution is 2.27. The third kappa shape index (κ3) is 2.77. The molecule has 0 aromatic carbocycles. The van der Waals surface area contributed by atoms with Crippen LogP contribution in [-0.4, -0.2) is 25.6 Å². The van der Waals surface area contributed by atoms with Crippen LogP contribution in [-0.2, 0) is 17.6 Å². The second-order valence-electron chi connectivity index (χ2n) is 3.63. The van der Waals surface area contributed by atoms with E-state index in [9.17, 15) is 4.79 Å². The van der Waals surface area contributed by atoms with Crippen LogP contribution in [0, 0.1) is 0 Å². The van der Waals surface area contributed by atoms with E-state index in [2.05, 4.69) is 5.10 Å². The number of nitrogens with zero attached hydrogens (tertiary/aromatic N) is 2. The fourth-order valence-corrected chi connectivity index (χ4v) is 1.67. The van der Waals surface area contributed by atoms with E-state index in [1.54, 1.807) is 24.7 Å². The zero-order valence-corrected chi connectivity index (χ0v) is 9.34. The molecule has 4 nitrogen and oxygen atoms in total. The van der Waals surface area contributed by atoms with Crippen LogP contribution < -0.4 is 0 Å². The van der Waals surface area contributed by atoms with E-state index in [0.29, 0.717) is 5.75 Å². The molecule has 0 aliphatic carbocycles. The van der Waals surface area contributed by atoms with Gasteiger partial charge in [-0.25, -0.2) is 0 Å². The van der Waals surface area contributed by atoms with Crippen molar-refractivity contribution in [3.8, 4) is 0 Å². The lowest BCUT2D eigenvalue weighted by atomic mass is 10.2. The Balaban J connectivity index is 2.52. The fraction of sp³-hybridized carbons (Fsp3) is 0.556. The first-order valence-electron chi connectivity index (χ1n) is 4.27. The predicted molar refractivity (Wildman–Crippen MR) is 56.2 cm³/mol. The van der Waals surface area contributed by atoms with Gasteiger partial charge in [0, 0.05) is 19.0 Å². The highest BCUT2D eigenvalue weighted by atomic mass is 32.2. The van der Waals surface area contributed by atoms with Gasteiger partial charge in [-0.15, -0.1) is 11.8 Å². The summed E-state index contributed by atoms with van der Waals surface area (Å²) in [6.45, 7) is 3.41. The number of hydrogen-bond donors (Lipinski definition) is 1. The first kappa shape index (κ1) is 11.1. The van der Waals surface area contributed by atoms with Crippen molar-refractivity contribution in [1.29, 1.82) is 0 Å². The lowest BCUT2D eigenvalue weighted by Gasteiger charge is -2.17. The topological polar surface area (TPSA) is 55.1 Å². The molecule has 1 heterocycles. The summed E-state index contributed by atoms with van der Waals surface area (Å²) in [6.07, 6.45) is 3.65. The van der Waals surface area contributed by atoms with Crippen molar-refractivity contribution in [2.24, 2.45) is 7.05 Å². The van der Waals surface area contributed by atoms with Crippen LogP contribution in [0.2, 0.25) is 0 Å². The maximum Gasteiger partial charge on any atom is 0.319 e. The maximum absolute atomic E-state index is 10.8. The summed E-state index contributed by atoms with van der Waals surface area (Å²) in [5.74, 6) is -0.112. The Morgan fingerprint density at radius 3 is 2.79 bits per heavy atom. The molecule has 1 N–H and O–H groups in total. The molecule has 5 heteroatoms. The van der Waals surface area contributed by atoms with Gasteiger partial charge in [-0.05, 0) is 19.4 Å². The maximum atomic E-state index is 10.8. The summed E-state index contributed by atoms with van der Waals surface area (Å²) < 4.78 is 0.972. The van der Waals surface area contributed by atoms with Gasteiger partial charge in [0.25, 0.3) is 0 Å². The molecule has 1 rings (SSSR count). The van der Waals surface area contributed by atoms with Gasteiger partial charge >= 0.3 is 5.97 Å². The van der Waals surface area contributed by atoms with Crippen molar-refractivity contribution in [2.75, 3.05) is 0 Å². The van der Waals surface area contributed by atoms with Crippen molar-refractivity contribution in [3.05, 3.63) is 18.0 Å². The second-order valence-corrected chi connectivity index (χ2v) is 5.22. The average molecular weight is 214 g/mol. The lowest BCUT2D eigenvalue weighted by molar-refractivity contribution is -0.138. The number of aryl methyl sites for hydroxylation is 1. The Kier molecular flexibility index (Phi) is 3.21. The summed E-state index contributed by atoms with van der Waals surface area (Å²) in [5, 5.41) is 12.9. The van der Waals surface area contributed by atoms with Crippen LogP contribution in [0.4, 0.5) is 0 Å². The molecule has 0 amide bonds. The number of thioether (sulfide) groups is 1. The SMILES string of the molecule is Cn1cc(CSC(C)(C)C(=O)O)cn1. The minimum Gasteiger partial charge on any atom is -0.480 e. The van der Waals surface area contributed by atoms with Crippen molar-refractivity contribution in [3.63, 3.8) is 0 Å². The molecular weight excluding hydrogens is 200 g/mol. The summed E-state index contributed by atoms with van der Waals surface area (Å²) in [4.78, 5) is 10.8. The summed E-state index contributed by atoms with van der Waals surface area (Å²) in [7, 11) is 1.84. The summed E-state index contributed by atoms with van der Waals surface area (Å²) in [5.41, 5.74) is 1.05. The molecule has 0 radical (unpaired) electrons. The zero-order valence-electron chi connectivity index (χ0n) is 8.52. The van der Waals surface area contributed by atoms with Crippen LogP contribution >= 0.6 is 11.8 Å². The van der Waals surface area contributed by atoms with Gasteiger partial charge in [-0.2, -0.15) is 5.10 Å². The molecule has 0 bridgehead atoms. The predicted octanol–water partition coefficient (Wildman–Crippen LogP) is 1.52.